The summed E-state index contributed by atoms with van der Waals surface area (Å²) in [6.07, 6.45) is 12.1. The van der Waals surface area contributed by atoms with Crippen molar-refractivity contribution < 1.29 is 4.79 Å². The third kappa shape index (κ3) is 3.39. The van der Waals surface area contributed by atoms with Gasteiger partial charge in [0, 0.05) is 5.41 Å². The van der Waals surface area contributed by atoms with E-state index in [0.29, 0.717) is 17.6 Å². The van der Waals surface area contributed by atoms with Crippen molar-refractivity contribution in [2.45, 2.75) is 66.7 Å². The first kappa shape index (κ1) is 16.3. The summed E-state index contributed by atoms with van der Waals surface area (Å²) in [7, 11) is 0. The van der Waals surface area contributed by atoms with E-state index >= 15 is 0 Å². The van der Waals surface area contributed by atoms with Crippen molar-refractivity contribution in [3.63, 3.8) is 0 Å². The molecule has 0 aromatic heterocycles. The Balaban J connectivity index is 2.36. The molecule has 0 aromatic carbocycles. The van der Waals surface area contributed by atoms with E-state index in [1.54, 1.807) is 0 Å². The molecule has 0 N–H and O–H groups in total. The summed E-state index contributed by atoms with van der Waals surface area (Å²) in [5.74, 6) is 1.23. The molecule has 0 fully saturated rings. The first-order valence-electron chi connectivity index (χ1n) is 8.41. The number of carbonyl (C=O) groups is 1. The molecule has 0 heterocycles. The molecule has 1 nitrogen and oxygen atoms in total. The van der Waals surface area contributed by atoms with Crippen LogP contribution in [0.4, 0.5) is 0 Å². The Morgan fingerprint density at radius 2 is 1.81 bits per heavy atom. The largest absolute Gasteiger partial charge is 0.294 e. The second kappa shape index (κ2) is 6.34. The summed E-state index contributed by atoms with van der Waals surface area (Å²) in [6.45, 7) is 11.1. The maximum atomic E-state index is 12.7. The smallest absolute Gasteiger partial charge is 0.162 e. The Kier molecular flexibility index (Phi) is 4.91. The number of hydrogen-bond acceptors (Lipinski definition) is 1. The lowest BCUT2D eigenvalue weighted by molar-refractivity contribution is -0.123. The lowest BCUT2D eigenvalue weighted by Gasteiger charge is -2.33. The monoisotopic (exact) mass is 286 g/mol. The summed E-state index contributed by atoms with van der Waals surface area (Å²) >= 11 is 0. The van der Waals surface area contributed by atoms with Crippen LogP contribution in [0.25, 0.3) is 0 Å². The van der Waals surface area contributed by atoms with Crippen LogP contribution in [-0.2, 0) is 4.79 Å². The van der Waals surface area contributed by atoms with Gasteiger partial charge in [0.25, 0.3) is 0 Å². The quantitative estimate of drug-likeness (QED) is 0.571. The van der Waals surface area contributed by atoms with Crippen LogP contribution in [0, 0.1) is 17.3 Å². The molecule has 0 bridgehead atoms. The third-order valence-corrected chi connectivity index (χ3v) is 5.43. The van der Waals surface area contributed by atoms with Gasteiger partial charge in [-0.15, -0.1) is 0 Å². The van der Waals surface area contributed by atoms with Crippen molar-refractivity contribution in [1.82, 2.24) is 0 Å². The lowest BCUT2D eigenvalue weighted by atomic mass is 9.69. The third-order valence-electron chi connectivity index (χ3n) is 5.43. The fourth-order valence-corrected chi connectivity index (χ4v) is 3.76. The van der Waals surface area contributed by atoms with Crippen molar-refractivity contribution >= 4 is 5.78 Å². The molecule has 2 rings (SSSR count). The number of allylic oxidation sites excluding steroid dienone is 6. The van der Waals surface area contributed by atoms with Crippen LogP contribution in [0.15, 0.2) is 34.9 Å². The van der Waals surface area contributed by atoms with Crippen molar-refractivity contribution in [2.24, 2.45) is 17.3 Å². The molecule has 21 heavy (non-hydrogen) atoms. The molecule has 0 saturated heterocycles. The minimum absolute atomic E-state index is 0.217. The molecule has 0 aromatic rings. The zero-order valence-corrected chi connectivity index (χ0v) is 14.3. The van der Waals surface area contributed by atoms with Gasteiger partial charge >= 0.3 is 0 Å². The van der Waals surface area contributed by atoms with Crippen LogP contribution in [0.3, 0.4) is 0 Å². The van der Waals surface area contributed by atoms with E-state index in [1.165, 1.54) is 16.7 Å². The predicted molar refractivity (Wildman–Crippen MR) is 90.1 cm³/mol. The Hall–Kier alpha value is -1.11. The van der Waals surface area contributed by atoms with Gasteiger partial charge < -0.3 is 0 Å². The molecule has 2 atom stereocenters. The molecule has 0 saturated carbocycles. The summed E-state index contributed by atoms with van der Waals surface area (Å²) in [6, 6.07) is 0. The minimum atomic E-state index is -0.217. The van der Waals surface area contributed by atoms with E-state index in [9.17, 15) is 4.79 Å². The van der Waals surface area contributed by atoms with Crippen LogP contribution in [0.1, 0.15) is 66.7 Å². The normalized spacial score (nSPS) is 36.2. The molecule has 2 aliphatic rings. The molecular formula is C20H30O. The Morgan fingerprint density at radius 1 is 1.14 bits per heavy atom. The molecule has 0 aliphatic heterocycles. The average molecular weight is 286 g/mol. The van der Waals surface area contributed by atoms with E-state index < -0.39 is 0 Å². The Morgan fingerprint density at radius 3 is 2.48 bits per heavy atom. The first-order valence-corrected chi connectivity index (χ1v) is 8.41. The minimum Gasteiger partial charge on any atom is -0.294 e. The number of carbonyl (C=O) groups excluding carboxylic acids is 1. The molecular weight excluding hydrogens is 256 g/mol. The number of fused-ring (bicyclic) bond motifs is 1. The highest BCUT2D eigenvalue weighted by atomic mass is 16.1. The van der Waals surface area contributed by atoms with E-state index in [4.69, 9.17) is 0 Å². The highest BCUT2D eigenvalue weighted by Gasteiger charge is 2.46. The second-order valence-corrected chi connectivity index (χ2v) is 7.52. The standard InChI is InChI=1S/C20H30O/c1-14(2)17-13-19(21)20(5)12-11-16(4)8-6-7-15(3)9-10-18(17)20/h7,11,13-14,18H,6,8-10,12H2,1-5H3/b15-7-,16-11+/t18-,20+/m0/s1. The Labute approximate surface area is 130 Å². The number of hydrogen-bond donors (Lipinski definition) is 0. The van der Waals surface area contributed by atoms with Gasteiger partial charge in [-0.05, 0) is 63.9 Å². The molecule has 2 aliphatic carbocycles. The van der Waals surface area contributed by atoms with E-state index in [0.717, 1.165) is 32.1 Å². The number of rotatable bonds is 1. The zero-order valence-electron chi connectivity index (χ0n) is 14.3. The maximum absolute atomic E-state index is 12.7. The second-order valence-electron chi connectivity index (χ2n) is 7.52. The summed E-state index contributed by atoms with van der Waals surface area (Å²) in [5, 5.41) is 0. The summed E-state index contributed by atoms with van der Waals surface area (Å²) < 4.78 is 0. The van der Waals surface area contributed by atoms with Crippen LogP contribution in [0.2, 0.25) is 0 Å². The van der Waals surface area contributed by atoms with Gasteiger partial charge in [0.1, 0.15) is 0 Å². The van der Waals surface area contributed by atoms with Gasteiger partial charge in [-0.25, -0.2) is 0 Å². The van der Waals surface area contributed by atoms with Gasteiger partial charge in [0.15, 0.2) is 5.78 Å². The van der Waals surface area contributed by atoms with Crippen molar-refractivity contribution in [3.8, 4) is 0 Å². The fraction of sp³-hybridized carbons (Fsp3) is 0.650. The van der Waals surface area contributed by atoms with E-state index in [2.05, 4.69) is 46.8 Å². The topological polar surface area (TPSA) is 17.1 Å². The number of ketones is 1. The maximum Gasteiger partial charge on any atom is 0.162 e. The van der Waals surface area contributed by atoms with Gasteiger partial charge in [-0.3, -0.25) is 4.79 Å². The molecule has 0 amide bonds. The van der Waals surface area contributed by atoms with Crippen molar-refractivity contribution in [2.75, 3.05) is 0 Å². The van der Waals surface area contributed by atoms with Crippen LogP contribution in [0.5, 0.6) is 0 Å². The molecule has 0 unspecified atom stereocenters. The molecule has 1 heteroatoms. The average Bonchev–Trinajstić information content (AvgIpc) is 2.65. The SMILES string of the molecule is C/C1=C/CC/C(C)=C/C[C@@]2(C)C(=O)C=C(C(C)C)[C@@H]2CC1. The van der Waals surface area contributed by atoms with Gasteiger partial charge in [0.05, 0.1) is 0 Å². The van der Waals surface area contributed by atoms with E-state index in [1.807, 2.05) is 6.08 Å². The van der Waals surface area contributed by atoms with Crippen LogP contribution < -0.4 is 0 Å². The summed E-state index contributed by atoms with van der Waals surface area (Å²) in [5.41, 5.74) is 4.06. The molecule has 116 valence electrons. The predicted octanol–water partition coefficient (Wildman–Crippen LogP) is 5.63. The highest BCUT2D eigenvalue weighted by molar-refractivity contribution is 5.98. The van der Waals surface area contributed by atoms with Gasteiger partial charge in [-0.2, -0.15) is 0 Å². The Bertz CT molecular complexity index is 504. The van der Waals surface area contributed by atoms with Crippen LogP contribution >= 0.6 is 0 Å². The molecule has 0 spiro atoms. The zero-order chi connectivity index (χ0) is 15.6. The van der Waals surface area contributed by atoms with Crippen molar-refractivity contribution in [1.29, 1.82) is 0 Å². The lowest BCUT2D eigenvalue weighted by Crippen LogP contribution is -2.31. The summed E-state index contributed by atoms with van der Waals surface area (Å²) in [4.78, 5) is 12.7. The first-order chi connectivity index (χ1) is 9.84. The van der Waals surface area contributed by atoms with E-state index in [-0.39, 0.29) is 5.41 Å². The highest BCUT2D eigenvalue weighted by Crippen LogP contribution is 2.48. The molecule has 0 radical (unpaired) electrons. The van der Waals surface area contributed by atoms with Crippen molar-refractivity contribution in [3.05, 3.63) is 34.9 Å². The van der Waals surface area contributed by atoms with Gasteiger partial charge in [-0.1, -0.05) is 49.6 Å². The fourth-order valence-electron chi connectivity index (χ4n) is 3.76. The van der Waals surface area contributed by atoms with Gasteiger partial charge in [0.2, 0.25) is 0 Å². The van der Waals surface area contributed by atoms with Crippen LogP contribution in [-0.4, -0.2) is 5.78 Å².